The average molecular weight is 441 g/mol. The quantitative estimate of drug-likeness (QED) is 0.369. The number of pyridine rings is 1. The lowest BCUT2D eigenvalue weighted by Gasteiger charge is -2.28. The summed E-state index contributed by atoms with van der Waals surface area (Å²) in [5, 5.41) is 18.0. The van der Waals surface area contributed by atoms with Gasteiger partial charge in [0.15, 0.2) is 0 Å². The first-order valence-electron chi connectivity index (χ1n) is 9.32. The molecule has 1 aliphatic rings. The lowest BCUT2D eigenvalue weighted by atomic mass is 9.84. The van der Waals surface area contributed by atoms with Crippen LogP contribution in [0.4, 0.5) is 20.2 Å². The van der Waals surface area contributed by atoms with Crippen molar-refractivity contribution >= 4 is 45.5 Å². The van der Waals surface area contributed by atoms with Gasteiger partial charge in [-0.25, -0.2) is 8.78 Å². The maximum atomic E-state index is 13.4. The van der Waals surface area contributed by atoms with Crippen molar-refractivity contribution in [1.29, 1.82) is 0 Å². The minimum Gasteiger partial charge on any atom is -0.359 e. The van der Waals surface area contributed by atoms with E-state index in [1.165, 1.54) is 0 Å². The molecule has 4 N–H and O–H groups in total. The zero-order chi connectivity index (χ0) is 20.6. The second kappa shape index (κ2) is 7.97. The Labute approximate surface area is 176 Å². The SMILES string of the molecule is OC(Nc1cnc(C2CCC(F)(F)CC2)c(Cl)c1)Nc1c[nH]c2ccc(Cl)cc12. The number of hydrogen-bond acceptors (Lipinski definition) is 4. The Morgan fingerprint density at radius 1 is 1.17 bits per heavy atom. The van der Waals surface area contributed by atoms with Crippen LogP contribution in [0.2, 0.25) is 10.0 Å². The number of alkyl halides is 2. The van der Waals surface area contributed by atoms with Crippen molar-refractivity contribution in [2.75, 3.05) is 10.6 Å². The molecule has 1 aliphatic carbocycles. The Morgan fingerprint density at radius 3 is 2.66 bits per heavy atom. The fourth-order valence-corrected chi connectivity index (χ4v) is 4.19. The minimum atomic E-state index is -2.59. The summed E-state index contributed by atoms with van der Waals surface area (Å²) >= 11 is 12.4. The van der Waals surface area contributed by atoms with E-state index in [9.17, 15) is 13.9 Å². The van der Waals surface area contributed by atoms with Crippen molar-refractivity contribution in [2.24, 2.45) is 0 Å². The maximum absolute atomic E-state index is 13.4. The fraction of sp³-hybridized carbons (Fsp3) is 0.350. The summed E-state index contributed by atoms with van der Waals surface area (Å²) in [6, 6.07) is 7.07. The number of rotatable bonds is 5. The van der Waals surface area contributed by atoms with E-state index in [1.54, 1.807) is 30.6 Å². The highest BCUT2D eigenvalue weighted by atomic mass is 35.5. The first-order chi connectivity index (χ1) is 13.8. The number of H-pyrrole nitrogens is 1. The van der Waals surface area contributed by atoms with Gasteiger partial charge in [0.1, 0.15) is 0 Å². The summed E-state index contributed by atoms with van der Waals surface area (Å²) in [5.41, 5.74) is 2.71. The molecular weight excluding hydrogens is 421 g/mol. The topological polar surface area (TPSA) is 73.0 Å². The van der Waals surface area contributed by atoms with Gasteiger partial charge in [0.05, 0.1) is 28.3 Å². The summed E-state index contributed by atoms with van der Waals surface area (Å²) in [6.45, 7) is 0. The highest BCUT2D eigenvalue weighted by Gasteiger charge is 2.36. The molecule has 0 radical (unpaired) electrons. The standard InChI is InChI=1S/C20H20Cl2F2N4O/c21-12-1-2-16-14(7-12)17(10-25-16)28-19(29)27-13-8-15(22)18(26-9-13)11-3-5-20(23,24)6-4-11/h1-2,7-11,19,25,27-29H,3-6H2. The fourth-order valence-electron chi connectivity index (χ4n) is 3.69. The molecule has 0 spiro atoms. The number of benzene rings is 1. The molecule has 5 nitrogen and oxygen atoms in total. The van der Waals surface area contributed by atoms with Gasteiger partial charge in [0, 0.05) is 40.9 Å². The Morgan fingerprint density at radius 2 is 1.93 bits per heavy atom. The Hall–Kier alpha value is -2.09. The van der Waals surface area contributed by atoms with Gasteiger partial charge in [-0.15, -0.1) is 0 Å². The number of anilines is 2. The summed E-state index contributed by atoms with van der Waals surface area (Å²) in [5.74, 6) is -2.66. The van der Waals surface area contributed by atoms with Crippen molar-refractivity contribution < 1.29 is 13.9 Å². The third-order valence-electron chi connectivity index (χ3n) is 5.21. The number of fused-ring (bicyclic) bond motifs is 1. The van der Waals surface area contributed by atoms with Gasteiger partial charge in [-0.1, -0.05) is 23.2 Å². The second-order valence-corrected chi connectivity index (χ2v) is 8.15. The van der Waals surface area contributed by atoms with E-state index in [1.807, 2.05) is 6.07 Å². The van der Waals surface area contributed by atoms with E-state index in [4.69, 9.17) is 23.2 Å². The van der Waals surface area contributed by atoms with Crippen LogP contribution in [0.3, 0.4) is 0 Å². The predicted octanol–water partition coefficient (Wildman–Crippen LogP) is 5.96. The number of nitrogens with zero attached hydrogens (tertiary/aromatic N) is 1. The van der Waals surface area contributed by atoms with E-state index in [-0.39, 0.29) is 18.8 Å². The third kappa shape index (κ3) is 4.57. The zero-order valence-electron chi connectivity index (χ0n) is 15.4. The molecule has 3 aromatic rings. The van der Waals surface area contributed by atoms with Crippen LogP contribution in [-0.4, -0.2) is 27.3 Å². The number of aromatic amines is 1. The molecule has 154 valence electrons. The molecule has 2 heterocycles. The van der Waals surface area contributed by atoms with Crippen LogP contribution in [0.15, 0.2) is 36.7 Å². The third-order valence-corrected chi connectivity index (χ3v) is 5.75. The summed E-state index contributed by atoms with van der Waals surface area (Å²) in [4.78, 5) is 7.46. The molecule has 1 unspecified atom stereocenters. The number of aromatic nitrogens is 2. The molecule has 0 saturated heterocycles. The van der Waals surface area contributed by atoms with Gasteiger partial charge in [0.2, 0.25) is 12.3 Å². The normalized spacial score (nSPS) is 18.0. The molecule has 4 rings (SSSR count). The lowest BCUT2D eigenvalue weighted by molar-refractivity contribution is -0.0384. The molecule has 9 heteroatoms. The first kappa shape index (κ1) is 20.2. The van der Waals surface area contributed by atoms with Crippen LogP contribution >= 0.6 is 23.2 Å². The molecule has 1 atom stereocenters. The molecule has 2 aromatic heterocycles. The monoisotopic (exact) mass is 440 g/mol. The molecule has 0 amide bonds. The largest absolute Gasteiger partial charge is 0.359 e. The van der Waals surface area contributed by atoms with Crippen molar-refractivity contribution in [3.05, 3.63) is 52.4 Å². The van der Waals surface area contributed by atoms with Crippen LogP contribution < -0.4 is 10.6 Å². The minimum absolute atomic E-state index is 0.0739. The lowest BCUT2D eigenvalue weighted by Crippen LogP contribution is -2.28. The molecule has 1 saturated carbocycles. The highest BCUT2D eigenvalue weighted by Crippen LogP contribution is 2.42. The summed E-state index contributed by atoms with van der Waals surface area (Å²) in [6.07, 6.45) is 2.61. The van der Waals surface area contributed by atoms with Crippen LogP contribution in [-0.2, 0) is 0 Å². The Kier molecular flexibility index (Phi) is 5.55. The summed E-state index contributed by atoms with van der Waals surface area (Å²) in [7, 11) is 0. The molecule has 29 heavy (non-hydrogen) atoms. The van der Waals surface area contributed by atoms with Crippen LogP contribution in [0.5, 0.6) is 0 Å². The molecule has 1 aromatic carbocycles. The van der Waals surface area contributed by atoms with E-state index in [2.05, 4.69) is 20.6 Å². The van der Waals surface area contributed by atoms with Crippen molar-refractivity contribution in [1.82, 2.24) is 9.97 Å². The van der Waals surface area contributed by atoms with Gasteiger partial charge < -0.3 is 20.7 Å². The van der Waals surface area contributed by atoms with E-state index >= 15 is 0 Å². The number of aliphatic hydroxyl groups is 1. The van der Waals surface area contributed by atoms with Crippen LogP contribution in [0.25, 0.3) is 10.9 Å². The van der Waals surface area contributed by atoms with E-state index in [0.717, 1.165) is 10.9 Å². The van der Waals surface area contributed by atoms with Gasteiger partial charge in [-0.2, -0.15) is 0 Å². The maximum Gasteiger partial charge on any atom is 0.248 e. The number of aliphatic hydroxyl groups excluding tert-OH is 1. The molecule has 0 bridgehead atoms. The first-order valence-corrected chi connectivity index (χ1v) is 10.1. The molecule has 1 fully saturated rings. The van der Waals surface area contributed by atoms with E-state index in [0.29, 0.717) is 40.0 Å². The van der Waals surface area contributed by atoms with Crippen molar-refractivity contribution in [3.63, 3.8) is 0 Å². The highest BCUT2D eigenvalue weighted by molar-refractivity contribution is 6.31. The zero-order valence-corrected chi connectivity index (χ0v) is 16.9. The Balaban J connectivity index is 1.42. The smallest absolute Gasteiger partial charge is 0.248 e. The predicted molar refractivity (Wildman–Crippen MR) is 112 cm³/mol. The second-order valence-electron chi connectivity index (χ2n) is 7.30. The van der Waals surface area contributed by atoms with E-state index < -0.39 is 12.3 Å². The number of nitrogens with one attached hydrogen (secondary N) is 3. The Bertz CT molecular complexity index is 1020. The van der Waals surface area contributed by atoms with Gasteiger partial charge >= 0.3 is 0 Å². The number of hydrogen-bond donors (Lipinski definition) is 4. The van der Waals surface area contributed by atoms with Gasteiger partial charge in [0.25, 0.3) is 0 Å². The van der Waals surface area contributed by atoms with Crippen LogP contribution in [0.1, 0.15) is 37.3 Å². The van der Waals surface area contributed by atoms with Crippen molar-refractivity contribution in [3.8, 4) is 0 Å². The van der Waals surface area contributed by atoms with Gasteiger partial charge in [-0.05, 0) is 37.1 Å². The van der Waals surface area contributed by atoms with Crippen molar-refractivity contribution in [2.45, 2.75) is 43.9 Å². The molecule has 0 aliphatic heterocycles. The van der Waals surface area contributed by atoms with Crippen LogP contribution in [0, 0.1) is 0 Å². The van der Waals surface area contributed by atoms with Gasteiger partial charge in [-0.3, -0.25) is 4.98 Å². The number of halogens is 4. The molecular formula is C20H20Cl2F2N4O. The average Bonchev–Trinajstić information content (AvgIpc) is 3.04. The summed E-state index contributed by atoms with van der Waals surface area (Å²) < 4.78 is 26.7.